The average molecular weight is 648 g/mol. The van der Waals surface area contributed by atoms with Crippen LogP contribution in [-0.2, 0) is 24.1 Å². The molecule has 1 aliphatic heterocycles. The Bertz CT molecular complexity index is 1650. The lowest BCUT2D eigenvalue weighted by molar-refractivity contribution is -0.136. The smallest absolute Gasteiger partial charge is 0.307 e. The normalized spacial score (nSPS) is 12.1. The molecule has 8 heteroatoms. The third-order valence-electron chi connectivity index (χ3n) is 7.44. The van der Waals surface area contributed by atoms with E-state index in [2.05, 4.69) is 0 Å². The number of aliphatic hydroxyl groups is 1. The fourth-order valence-corrected chi connectivity index (χ4v) is 5.48. The molecule has 6 nitrogen and oxygen atoms in total. The van der Waals surface area contributed by atoms with Crippen molar-refractivity contribution in [2.45, 2.75) is 86.7 Å². The van der Waals surface area contributed by atoms with Gasteiger partial charge in [0, 0.05) is 28.9 Å². The topological polar surface area (TPSA) is 88.9 Å². The van der Waals surface area contributed by atoms with Crippen molar-refractivity contribution in [3.8, 4) is 33.8 Å². The van der Waals surface area contributed by atoms with Gasteiger partial charge in [0.05, 0.1) is 25.2 Å². The molecule has 252 valence electrons. The summed E-state index contributed by atoms with van der Waals surface area (Å²) in [5, 5.41) is 18.3. The van der Waals surface area contributed by atoms with E-state index >= 15 is 4.39 Å². The molecule has 0 unspecified atom stereocenters. The number of fused-ring (bicyclic) bond motifs is 1. The Morgan fingerprint density at radius 1 is 0.957 bits per heavy atom. The average Bonchev–Trinajstić information content (AvgIpc) is 3.02. The molecular formula is C39H47F2NO5. The van der Waals surface area contributed by atoms with Gasteiger partial charge >= 0.3 is 5.97 Å². The fraction of sp³-hybridized carbons (Fsp3) is 0.385. The molecule has 2 N–H and O–H groups in total. The van der Waals surface area contributed by atoms with Crippen LogP contribution >= 0.6 is 0 Å². The maximum atomic E-state index is 15.3. The van der Waals surface area contributed by atoms with Crippen molar-refractivity contribution in [1.82, 2.24) is 4.98 Å². The Kier molecular flexibility index (Phi) is 13.0. The van der Waals surface area contributed by atoms with Gasteiger partial charge in [-0.3, -0.25) is 9.78 Å². The second-order valence-corrected chi connectivity index (χ2v) is 12.3. The second kappa shape index (κ2) is 16.5. The van der Waals surface area contributed by atoms with Gasteiger partial charge in [-0.1, -0.05) is 38.1 Å². The van der Waals surface area contributed by atoms with Crippen molar-refractivity contribution < 1.29 is 33.3 Å². The molecule has 2 heterocycles. The van der Waals surface area contributed by atoms with Crippen molar-refractivity contribution in [3.63, 3.8) is 0 Å². The summed E-state index contributed by atoms with van der Waals surface area (Å²) in [6.45, 7) is 15.8. The summed E-state index contributed by atoms with van der Waals surface area (Å²) in [6.07, 6.45) is 1.89. The number of hydrogen-bond donors (Lipinski definition) is 2. The number of halogens is 2. The predicted molar refractivity (Wildman–Crippen MR) is 183 cm³/mol. The number of carboxylic acids is 1. The number of nitrogens with zero attached hydrogens (tertiary/aromatic N) is 1. The Morgan fingerprint density at radius 3 is 2.17 bits per heavy atom. The van der Waals surface area contributed by atoms with E-state index in [0.717, 1.165) is 39.9 Å². The van der Waals surface area contributed by atoms with E-state index in [1.807, 2.05) is 52.0 Å². The standard InChI is InChI=1S/C33H31F2NO4.C4H10O.C2H6/c1-19-26-5-4-15-40-33(26)29(35)17-27(19)32-28(18-30(37)38)20(2)36-21(3)31(32)23-8-12-25(13-9-23)39-16-14-22-6-10-24(34)11-7-22;1-4(2,3)5;1-2/h6-13,17H,4-5,14-16,18H2,1-3H3,(H,37,38);5H,1-3H3;1-2H3. The number of pyridine rings is 1. The van der Waals surface area contributed by atoms with Gasteiger partial charge in [0.25, 0.3) is 0 Å². The highest BCUT2D eigenvalue weighted by Gasteiger charge is 2.26. The highest BCUT2D eigenvalue weighted by atomic mass is 19.1. The molecule has 4 aromatic rings. The number of aliphatic carboxylic acids is 1. The molecule has 5 rings (SSSR count). The van der Waals surface area contributed by atoms with Crippen LogP contribution in [0.15, 0.2) is 54.6 Å². The zero-order valence-corrected chi connectivity index (χ0v) is 28.8. The second-order valence-electron chi connectivity index (χ2n) is 12.3. The van der Waals surface area contributed by atoms with Gasteiger partial charge in [0.1, 0.15) is 11.6 Å². The lowest BCUT2D eigenvalue weighted by Gasteiger charge is -2.25. The fourth-order valence-electron chi connectivity index (χ4n) is 5.48. The summed E-state index contributed by atoms with van der Waals surface area (Å²) in [4.78, 5) is 16.6. The Balaban J connectivity index is 0.000000784. The Morgan fingerprint density at radius 2 is 1.57 bits per heavy atom. The lowest BCUT2D eigenvalue weighted by atomic mass is 9.84. The van der Waals surface area contributed by atoms with Crippen LogP contribution in [0.5, 0.6) is 11.5 Å². The highest BCUT2D eigenvalue weighted by molar-refractivity contribution is 5.91. The van der Waals surface area contributed by atoms with Gasteiger partial charge in [-0.15, -0.1) is 0 Å². The first kappa shape index (κ1) is 37.2. The van der Waals surface area contributed by atoms with Gasteiger partial charge in [-0.05, 0) is 118 Å². The number of rotatable bonds is 8. The molecule has 0 amide bonds. The van der Waals surface area contributed by atoms with E-state index in [4.69, 9.17) is 19.6 Å². The van der Waals surface area contributed by atoms with Gasteiger partial charge in [-0.2, -0.15) is 0 Å². The first-order valence-corrected chi connectivity index (χ1v) is 16.1. The summed E-state index contributed by atoms with van der Waals surface area (Å²) in [5.41, 5.74) is 7.00. The van der Waals surface area contributed by atoms with E-state index in [0.29, 0.717) is 59.9 Å². The Hall–Kier alpha value is -4.30. The van der Waals surface area contributed by atoms with E-state index in [-0.39, 0.29) is 12.2 Å². The summed E-state index contributed by atoms with van der Waals surface area (Å²) < 4.78 is 40.1. The lowest BCUT2D eigenvalue weighted by Crippen LogP contribution is -2.14. The monoisotopic (exact) mass is 647 g/mol. The number of carboxylic acid groups (broad SMARTS) is 1. The van der Waals surface area contributed by atoms with E-state index < -0.39 is 17.4 Å². The number of benzene rings is 3. The van der Waals surface area contributed by atoms with Crippen LogP contribution in [0, 0.1) is 32.4 Å². The van der Waals surface area contributed by atoms with Crippen molar-refractivity contribution in [2.24, 2.45) is 0 Å². The molecular weight excluding hydrogens is 600 g/mol. The van der Waals surface area contributed by atoms with Crippen molar-refractivity contribution in [3.05, 3.63) is 99.9 Å². The van der Waals surface area contributed by atoms with E-state index in [9.17, 15) is 14.3 Å². The van der Waals surface area contributed by atoms with Crippen LogP contribution in [-0.4, -0.2) is 40.0 Å². The van der Waals surface area contributed by atoms with Gasteiger partial charge in [0.2, 0.25) is 0 Å². The number of hydrogen-bond acceptors (Lipinski definition) is 5. The quantitative estimate of drug-likeness (QED) is 0.198. The molecule has 1 aromatic heterocycles. The maximum Gasteiger partial charge on any atom is 0.307 e. The minimum Gasteiger partial charge on any atom is -0.493 e. The zero-order valence-electron chi connectivity index (χ0n) is 28.8. The maximum absolute atomic E-state index is 15.3. The largest absolute Gasteiger partial charge is 0.493 e. The first-order valence-electron chi connectivity index (χ1n) is 16.1. The minimum absolute atomic E-state index is 0.235. The Labute approximate surface area is 277 Å². The van der Waals surface area contributed by atoms with Crippen LogP contribution in [0.3, 0.4) is 0 Å². The van der Waals surface area contributed by atoms with Crippen LogP contribution < -0.4 is 9.47 Å². The van der Waals surface area contributed by atoms with Gasteiger partial charge < -0.3 is 19.7 Å². The predicted octanol–water partition coefficient (Wildman–Crippen LogP) is 9.00. The summed E-state index contributed by atoms with van der Waals surface area (Å²) in [7, 11) is 0. The molecule has 0 bridgehead atoms. The molecule has 0 spiro atoms. The number of carbonyl (C=O) groups is 1. The summed E-state index contributed by atoms with van der Waals surface area (Å²) >= 11 is 0. The van der Waals surface area contributed by atoms with Crippen LogP contribution in [0.4, 0.5) is 8.78 Å². The number of ether oxygens (including phenoxy) is 2. The van der Waals surface area contributed by atoms with Crippen LogP contribution in [0.25, 0.3) is 22.3 Å². The molecule has 3 aromatic carbocycles. The molecule has 0 saturated heterocycles. The first-order chi connectivity index (χ1) is 22.2. The van der Waals surface area contributed by atoms with Crippen LogP contribution in [0.1, 0.15) is 74.7 Å². The SMILES string of the molecule is CC.CC(C)(C)O.Cc1nc(C)c(-c2ccc(OCCc3ccc(F)cc3)cc2)c(-c2cc(F)c3c(c2C)CCCO3)c1CC(=O)O. The van der Waals surface area contributed by atoms with Crippen molar-refractivity contribution in [1.29, 1.82) is 0 Å². The molecule has 0 radical (unpaired) electrons. The summed E-state index contributed by atoms with van der Waals surface area (Å²) in [5.74, 6) is -0.735. The molecule has 1 aliphatic rings. The number of aromatic nitrogens is 1. The minimum atomic E-state index is -0.981. The molecule has 0 atom stereocenters. The highest BCUT2D eigenvalue weighted by Crippen LogP contribution is 2.44. The third kappa shape index (κ3) is 10.1. The van der Waals surface area contributed by atoms with Gasteiger partial charge in [0.15, 0.2) is 11.6 Å². The van der Waals surface area contributed by atoms with Crippen molar-refractivity contribution >= 4 is 5.97 Å². The molecule has 0 fully saturated rings. The molecule has 0 aliphatic carbocycles. The van der Waals surface area contributed by atoms with E-state index in [1.54, 1.807) is 39.8 Å². The van der Waals surface area contributed by atoms with Crippen molar-refractivity contribution in [2.75, 3.05) is 13.2 Å². The molecule has 47 heavy (non-hydrogen) atoms. The van der Waals surface area contributed by atoms with E-state index in [1.165, 1.54) is 18.2 Å². The molecule has 0 saturated carbocycles. The van der Waals surface area contributed by atoms with Crippen LogP contribution in [0.2, 0.25) is 0 Å². The number of aryl methyl sites for hydroxylation is 2. The summed E-state index contributed by atoms with van der Waals surface area (Å²) in [6, 6.07) is 15.3. The zero-order chi connectivity index (χ0) is 34.9. The third-order valence-corrected chi connectivity index (χ3v) is 7.44. The van der Waals surface area contributed by atoms with Gasteiger partial charge in [-0.25, -0.2) is 8.78 Å².